The Hall–Kier alpha value is -2.28. The van der Waals surface area contributed by atoms with E-state index in [1.54, 1.807) is 6.07 Å². The molecule has 1 saturated carbocycles. The molecule has 1 aromatic heterocycles. The minimum Gasteiger partial charge on any atom is -0.339 e. The molecule has 1 aliphatic carbocycles. The number of aryl methyl sites for hydroxylation is 1. The van der Waals surface area contributed by atoms with Gasteiger partial charge in [-0.15, -0.1) is 0 Å². The Bertz CT molecular complexity index is 774. The van der Waals surface area contributed by atoms with E-state index in [-0.39, 0.29) is 17.8 Å². The molecule has 1 saturated heterocycles. The van der Waals surface area contributed by atoms with E-state index < -0.39 is 0 Å². The molecule has 0 radical (unpaired) electrons. The van der Waals surface area contributed by atoms with Gasteiger partial charge in [-0.05, 0) is 37.0 Å². The highest BCUT2D eigenvalue weighted by Crippen LogP contribution is 2.38. The van der Waals surface area contributed by atoms with E-state index in [9.17, 15) is 9.18 Å². The monoisotopic (exact) mass is 358 g/mol. The molecule has 26 heavy (non-hydrogen) atoms. The largest absolute Gasteiger partial charge is 0.339 e. The highest BCUT2D eigenvalue weighted by molar-refractivity contribution is 5.77. The number of nitrogens with one attached hydrogen (secondary N) is 1. The Morgan fingerprint density at radius 2 is 2.27 bits per heavy atom. The van der Waals surface area contributed by atoms with E-state index in [1.807, 2.05) is 11.0 Å². The Labute approximate surface area is 151 Å². The number of carbonyl (C=O) groups excluding carboxylic acids is 1. The molecular weight excluding hydrogens is 335 g/mol. The van der Waals surface area contributed by atoms with Crippen LogP contribution in [0.4, 0.5) is 4.39 Å². The molecule has 1 aromatic carbocycles. The average molecular weight is 358 g/mol. The SMILES string of the molecule is O=C(CCCc1nc(C2CC2)no1)N1CCNCC1c1cccc(F)c1. The normalized spacial score (nSPS) is 20.3. The molecule has 1 aliphatic heterocycles. The Balaban J connectivity index is 1.34. The summed E-state index contributed by atoms with van der Waals surface area (Å²) in [6.45, 7) is 2.03. The van der Waals surface area contributed by atoms with Crippen LogP contribution in [0.2, 0.25) is 0 Å². The van der Waals surface area contributed by atoms with Crippen LogP contribution in [0.5, 0.6) is 0 Å². The van der Waals surface area contributed by atoms with Crippen molar-refractivity contribution < 1.29 is 13.7 Å². The lowest BCUT2D eigenvalue weighted by Gasteiger charge is -2.36. The van der Waals surface area contributed by atoms with Crippen molar-refractivity contribution in [1.29, 1.82) is 0 Å². The maximum absolute atomic E-state index is 13.6. The van der Waals surface area contributed by atoms with Crippen molar-refractivity contribution in [3.63, 3.8) is 0 Å². The molecule has 1 amide bonds. The highest BCUT2D eigenvalue weighted by atomic mass is 19.1. The first-order valence-corrected chi connectivity index (χ1v) is 9.29. The third-order valence-corrected chi connectivity index (χ3v) is 5.00. The van der Waals surface area contributed by atoms with Crippen molar-refractivity contribution in [2.24, 2.45) is 0 Å². The van der Waals surface area contributed by atoms with E-state index >= 15 is 0 Å². The quantitative estimate of drug-likeness (QED) is 0.859. The van der Waals surface area contributed by atoms with Gasteiger partial charge < -0.3 is 14.7 Å². The lowest BCUT2D eigenvalue weighted by Crippen LogP contribution is -2.48. The molecule has 2 aromatic rings. The zero-order valence-corrected chi connectivity index (χ0v) is 14.7. The second-order valence-electron chi connectivity index (χ2n) is 7.04. The smallest absolute Gasteiger partial charge is 0.226 e. The topological polar surface area (TPSA) is 71.3 Å². The standard InChI is InChI=1S/C19H23FN4O2/c20-15-4-1-3-14(11-15)16-12-21-9-10-24(16)18(25)6-2-5-17-22-19(23-26-17)13-7-8-13/h1,3-4,11,13,16,21H,2,5-10,12H2. The second-order valence-corrected chi connectivity index (χ2v) is 7.04. The first-order chi connectivity index (χ1) is 12.7. The maximum atomic E-state index is 13.6. The number of piperazine rings is 1. The molecule has 1 atom stereocenters. The molecule has 2 fully saturated rings. The van der Waals surface area contributed by atoms with E-state index in [1.165, 1.54) is 12.1 Å². The minimum atomic E-state index is -0.275. The molecule has 6 nitrogen and oxygen atoms in total. The molecule has 4 rings (SSSR count). The van der Waals surface area contributed by atoms with Crippen LogP contribution in [0.15, 0.2) is 28.8 Å². The van der Waals surface area contributed by atoms with Crippen molar-refractivity contribution in [1.82, 2.24) is 20.4 Å². The van der Waals surface area contributed by atoms with Gasteiger partial charge in [0, 0.05) is 38.4 Å². The third-order valence-electron chi connectivity index (χ3n) is 5.00. The Morgan fingerprint density at radius 1 is 1.38 bits per heavy atom. The molecule has 0 bridgehead atoms. The number of hydrogen-bond acceptors (Lipinski definition) is 5. The third kappa shape index (κ3) is 3.93. The molecular formula is C19H23FN4O2. The molecule has 7 heteroatoms. The maximum Gasteiger partial charge on any atom is 0.226 e. The van der Waals surface area contributed by atoms with Crippen LogP contribution < -0.4 is 5.32 Å². The summed E-state index contributed by atoms with van der Waals surface area (Å²) >= 11 is 0. The number of benzene rings is 1. The van der Waals surface area contributed by atoms with Crippen molar-refractivity contribution in [3.05, 3.63) is 47.4 Å². The average Bonchev–Trinajstić information content (AvgIpc) is 3.40. The second kappa shape index (κ2) is 7.53. The fourth-order valence-corrected chi connectivity index (χ4v) is 3.43. The van der Waals surface area contributed by atoms with Gasteiger partial charge in [0.2, 0.25) is 11.8 Å². The fourth-order valence-electron chi connectivity index (χ4n) is 3.43. The van der Waals surface area contributed by atoms with Crippen LogP contribution in [-0.2, 0) is 11.2 Å². The van der Waals surface area contributed by atoms with E-state index in [0.717, 1.165) is 30.8 Å². The summed E-state index contributed by atoms with van der Waals surface area (Å²) in [7, 11) is 0. The van der Waals surface area contributed by atoms with E-state index in [2.05, 4.69) is 15.5 Å². The Kier molecular flexibility index (Phi) is 4.97. The summed E-state index contributed by atoms with van der Waals surface area (Å²) in [5.74, 6) is 1.70. The lowest BCUT2D eigenvalue weighted by molar-refractivity contribution is -0.134. The zero-order valence-electron chi connectivity index (χ0n) is 14.7. The highest BCUT2D eigenvalue weighted by Gasteiger charge is 2.29. The number of hydrogen-bond donors (Lipinski definition) is 1. The summed E-state index contributed by atoms with van der Waals surface area (Å²) in [5, 5.41) is 7.29. The molecule has 2 heterocycles. The number of aromatic nitrogens is 2. The summed E-state index contributed by atoms with van der Waals surface area (Å²) < 4.78 is 18.8. The van der Waals surface area contributed by atoms with Crippen molar-refractivity contribution in [2.45, 2.75) is 44.1 Å². The first kappa shape index (κ1) is 17.1. The van der Waals surface area contributed by atoms with Crippen LogP contribution in [0.1, 0.15) is 54.9 Å². The van der Waals surface area contributed by atoms with E-state index in [0.29, 0.717) is 44.2 Å². The molecule has 1 N–H and O–H groups in total. The van der Waals surface area contributed by atoms with Crippen LogP contribution >= 0.6 is 0 Å². The van der Waals surface area contributed by atoms with Gasteiger partial charge in [-0.25, -0.2) is 4.39 Å². The fraction of sp³-hybridized carbons (Fsp3) is 0.526. The Morgan fingerprint density at radius 3 is 3.08 bits per heavy atom. The predicted molar refractivity (Wildman–Crippen MR) is 92.9 cm³/mol. The van der Waals surface area contributed by atoms with Gasteiger partial charge in [0.15, 0.2) is 5.82 Å². The summed E-state index contributed by atoms with van der Waals surface area (Å²) in [6, 6.07) is 6.37. The predicted octanol–water partition coefficient (Wildman–Crippen LogP) is 2.58. The van der Waals surface area contributed by atoms with Crippen LogP contribution in [0.3, 0.4) is 0 Å². The summed E-state index contributed by atoms with van der Waals surface area (Å²) in [5.41, 5.74) is 0.830. The van der Waals surface area contributed by atoms with Gasteiger partial charge in [0.05, 0.1) is 6.04 Å². The minimum absolute atomic E-state index is 0.0858. The number of carbonyl (C=O) groups is 1. The van der Waals surface area contributed by atoms with Gasteiger partial charge in [-0.3, -0.25) is 4.79 Å². The van der Waals surface area contributed by atoms with Crippen molar-refractivity contribution in [2.75, 3.05) is 19.6 Å². The van der Waals surface area contributed by atoms with Gasteiger partial charge in [-0.1, -0.05) is 17.3 Å². The van der Waals surface area contributed by atoms with Crippen LogP contribution in [-0.4, -0.2) is 40.6 Å². The molecule has 1 unspecified atom stereocenters. The summed E-state index contributed by atoms with van der Waals surface area (Å²) in [4.78, 5) is 19.0. The van der Waals surface area contributed by atoms with Gasteiger partial charge in [-0.2, -0.15) is 4.98 Å². The van der Waals surface area contributed by atoms with Crippen LogP contribution in [0, 0.1) is 5.82 Å². The van der Waals surface area contributed by atoms with E-state index in [4.69, 9.17) is 4.52 Å². The number of nitrogens with zero attached hydrogens (tertiary/aromatic N) is 3. The first-order valence-electron chi connectivity index (χ1n) is 9.29. The number of rotatable bonds is 6. The molecule has 2 aliphatic rings. The lowest BCUT2D eigenvalue weighted by atomic mass is 10.0. The van der Waals surface area contributed by atoms with Gasteiger partial charge in [0.25, 0.3) is 0 Å². The number of amides is 1. The zero-order chi connectivity index (χ0) is 17.9. The molecule has 138 valence electrons. The number of halogens is 1. The molecule has 0 spiro atoms. The van der Waals surface area contributed by atoms with Gasteiger partial charge >= 0.3 is 0 Å². The van der Waals surface area contributed by atoms with Crippen molar-refractivity contribution in [3.8, 4) is 0 Å². The van der Waals surface area contributed by atoms with Crippen LogP contribution in [0.25, 0.3) is 0 Å². The van der Waals surface area contributed by atoms with Crippen molar-refractivity contribution >= 4 is 5.91 Å². The van der Waals surface area contributed by atoms with Gasteiger partial charge in [0.1, 0.15) is 5.82 Å². The summed E-state index contributed by atoms with van der Waals surface area (Å²) in [6.07, 6.45) is 3.99.